The average Bonchev–Trinajstić information content (AvgIpc) is 2.68. The molecule has 1 saturated heterocycles. The molecule has 1 aromatic heterocycles. The Bertz CT molecular complexity index is 437. The Morgan fingerprint density at radius 2 is 2.11 bits per heavy atom. The van der Waals surface area contributed by atoms with Crippen molar-refractivity contribution in [1.82, 2.24) is 10.2 Å². The first kappa shape index (κ1) is 14.5. The number of amides is 1. The Labute approximate surface area is 120 Å². The molecular formula is C15H24N2OS. The van der Waals surface area contributed by atoms with Crippen LogP contribution in [0.3, 0.4) is 0 Å². The van der Waals surface area contributed by atoms with Crippen molar-refractivity contribution in [3.8, 4) is 0 Å². The molecule has 0 spiro atoms. The first-order chi connectivity index (χ1) is 8.99. The van der Waals surface area contributed by atoms with E-state index in [-0.39, 0.29) is 12.0 Å². The molecule has 1 aliphatic heterocycles. The fourth-order valence-corrected chi connectivity index (χ4v) is 3.27. The molecule has 0 bridgehead atoms. The standard InChI is InChI=1S/C15H24N2OS/c1-10(2)17(9-14-6-5-11(3)19-14)15(18)12(4)13-7-16-8-13/h5-6,10,12-13,16H,7-9H2,1-4H3. The van der Waals surface area contributed by atoms with Crippen LogP contribution in [0.1, 0.15) is 30.5 Å². The van der Waals surface area contributed by atoms with E-state index in [2.05, 4.69) is 45.1 Å². The summed E-state index contributed by atoms with van der Waals surface area (Å²) in [6, 6.07) is 4.52. The number of nitrogens with one attached hydrogen (secondary N) is 1. The van der Waals surface area contributed by atoms with Crippen LogP contribution in [0.15, 0.2) is 12.1 Å². The normalized spacial score (nSPS) is 17.3. The van der Waals surface area contributed by atoms with Gasteiger partial charge in [0.25, 0.3) is 0 Å². The van der Waals surface area contributed by atoms with Gasteiger partial charge in [-0.15, -0.1) is 11.3 Å². The van der Waals surface area contributed by atoms with E-state index in [1.54, 1.807) is 11.3 Å². The zero-order valence-electron chi connectivity index (χ0n) is 12.3. The number of nitrogens with zero attached hydrogens (tertiary/aromatic N) is 1. The second-order valence-electron chi connectivity index (χ2n) is 5.78. The lowest BCUT2D eigenvalue weighted by molar-refractivity contribution is -0.139. The van der Waals surface area contributed by atoms with Gasteiger partial charge in [0.1, 0.15) is 0 Å². The van der Waals surface area contributed by atoms with Crippen molar-refractivity contribution in [1.29, 1.82) is 0 Å². The van der Waals surface area contributed by atoms with Gasteiger partial charge in [-0.3, -0.25) is 4.79 Å². The van der Waals surface area contributed by atoms with E-state index in [9.17, 15) is 4.79 Å². The van der Waals surface area contributed by atoms with Crippen LogP contribution in [0, 0.1) is 18.8 Å². The van der Waals surface area contributed by atoms with Crippen molar-refractivity contribution in [2.24, 2.45) is 11.8 Å². The SMILES string of the molecule is Cc1ccc(CN(C(=O)C(C)C2CNC2)C(C)C)s1. The van der Waals surface area contributed by atoms with Crippen LogP contribution < -0.4 is 5.32 Å². The Morgan fingerprint density at radius 3 is 2.53 bits per heavy atom. The van der Waals surface area contributed by atoms with Crippen LogP contribution in [-0.2, 0) is 11.3 Å². The highest BCUT2D eigenvalue weighted by Gasteiger charge is 2.32. The third-order valence-corrected chi connectivity index (χ3v) is 4.92. The largest absolute Gasteiger partial charge is 0.335 e. The van der Waals surface area contributed by atoms with Gasteiger partial charge in [-0.2, -0.15) is 0 Å². The van der Waals surface area contributed by atoms with Gasteiger partial charge in [0.15, 0.2) is 0 Å². The lowest BCUT2D eigenvalue weighted by atomic mass is 9.87. The van der Waals surface area contributed by atoms with Gasteiger partial charge in [0, 0.05) is 21.7 Å². The van der Waals surface area contributed by atoms with Crippen LogP contribution in [0.5, 0.6) is 0 Å². The van der Waals surface area contributed by atoms with Crippen LogP contribution in [-0.4, -0.2) is 29.9 Å². The first-order valence-electron chi connectivity index (χ1n) is 7.05. The smallest absolute Gasteiger partial charge is 0.226 e. The third-order valence-electron chi connectivity index (χ3n) is 3.94. The maximum Gasteiger partial charge on any atom is 0.226 e. The summed E-state index contributed by atoms with van der Waals surface area (Å²) in [5, 5.41) is 3.25. The predicted octanol–water partition coefficient (Wildman–Crippen LogP) is 2.65. The number of carbonyl (C=O) groups excluding carboxylic acids is 1. The van der Waals surface area contributed by atoms with Crippen molar-refractivity contribution >= 4 is 17.2 Å². The van der Waals surface area contributed by atoms with Gasteiger partial charge in [-0.25, -0.2) is 0 Å². The highest BCUT2D eigenvalue weighted by atomic mass is 32.1. The molecule has 0 saturated carbocycles. The molecule has 19 heavy (non-hydrogen) atoms. The Morgan fingerprint density at radius 1 is 1.42 bits per heavy atom. The number of rotatable bonds is 5. The van der Waals surface area contributed by atoms with Crippen molar-refractivity contribution in [2.45, 2.75) is 40.3 Å². The molecule has 4 heteroatoms. The van der Waals surface area contributed by atoms with Gasteiger partial charge in [0.05, 0.1) is 6.54 Å². The van der Waals surface area contributed by atoms with Gasteiger partial charge in [-0.1, -0.05) is 6.92 Å². The molecule has 1 fully saturated rings. The number of hydrogen-bond acceptors (Lipinski definition) is 3. The lowest BCUT2D eigenvalue weighted by Gasteiger charge is -2.36. The zero-order valence-corrected chi connectivity index (χ0v) is 13.1. The van der Waals surface area contributed by atoms with Crippen molar-refractivity contribution in [3.63, 3.8) is 0 Å². The average molecular weight is 280 g/mol. The van der Waals surface area contributed by atoms with E-state index < -0.39 is 0 Å². The molecule has 1 aromatic rings. The van der Waals surface area contributed by atoms with E-state index in [0.717, 1.165) is 19.6 Å². The molecule has 2 rings (SSSR count). The Hall–Kier alpha value is -0.870. The summed E-state index contributed by atoms with van der Waals surface area (Å²) in [6.07, 6.45) is 0. The van der Waals surface area contributed by atoms with Gasteiger partial charge in [0.2, 0.25) is 5.91 Å². The van der Waals surface area contributed by atoms with Crippen LogP contribution in [0.4, 0.5) is 0 Å². The van der Waals surface area contributed by atoms with Crippen molar-refractivity contribution < 1.29 is 4.79 Å². The highest BCUT2D eigenvalue weighted by Crippen LogP contribution is 2.23. The Balaban J connectivity index is 2.04. The third kappa shape index (κ3) is 3.37. The maximum atomic E-state index is 12.6. The number of thiophene rings is 1. The first-order valence-corrected chi connectivity index (χ1v) is 7.87. The molecule has 1 aliphatic rings. The van der Waals surface area contributed by atoms with E-state index in [4.69, 9.17) is 0 Å². The second kappa shape index (κ2) is 6.06. The summed E-state index contributed by atoms with van der Waals surface area (Å²) in [7, 11) is 0. The molecule has 0 aromatic carbocycles. The van der Waals surface area contributed by atoms with Crippen LogP contribution in [0.25, 0.3) is 0 Å². The molecule has 1 amide bonds. The number of aryl methyl sites for hydroxylation is 1. The van der Waals surface area contributed by atoms with Gasteiger partial charge < -0.3 is 10.2 Å². The molecule has 1 N–H and O–H groups in total. The van der Waals surface area contributed by atoms with E-state index in [1.165, 1.54) is 9.75 Å². The fraction of sp³-hybridized carbons (Fsp3) is 0.667. The lowest BCUT2D eigenvalue weighted by Crippen LogP contribution is -2.51. The molecule has 2 heterocycles. The minimum atomic E-state index is 0.129. The van der Waals surface area contributed by atoms with E-state index in [1.807, 2.05) is 4.90 Å². The molecule has 1 atom stereocenters. The number of hydrogen-bond donors (Lipinski definition) is 1. The summed E-state index contributed by atoms with van der Waals surface area (Å²) in [5.74, 6) is 0.941. The van der Waals surface area contributed by atoms with Crippen LogP contribution in [0.2, 0.25) is 0 Å². The topological polar surface area (TPSA) is 32.3 Å². The minimum Gasteiger partial charge on any atom is -0.335 e. The highest BCUT2D eigenvalue weighted by molar-refractivity contribution is 7.11. The number of carbonyl (C=O) groups is 1. The quantitative estimate of drug-likeness (QED) is 0.899. The van der Waals surface area contributed by atoms with Crippen LogP contribution >= 0.6 is 11.3 Å². The van der Waals surface area contributed by atoms with E-state index >= 15 is 0 Å². The zero-order chi connectivity index (χ0) is 14.0. The Kier molecular flexibility index (Phi) is 4.63. The predicted molar refractivity (Wildman–Crippen MR) is 80.3 cm³/mol. The monoisotopic (exact) mass is 280 g/mol. The van der Waals surface area contributed by atoms with Gasteiger partial charge in [-0.05, 0) is 51.9 Å². The molecule has 0 aliphatic carbocycles. The molecule has 1 unspecified atom stereocenters. The molecule has 3 nitrogen and oxygen atoms in total. The molecular weight excluding hydrogens is 256 g/mol. The summed E-state index contributed by atoms with van der Waals surface area (Å²) < 4.78 is 0. The minimum absolute atomic E-state index is 0.129. The van der Waals surface area contributed by atoms with Crippen molar-refractivity contribution in [3.05, 3.63) is 21.9 Å². The summed E-state index contributed by atoms with van der Waals surface area (Å²) in [6.45, 7) is 11.1. The second-order valence-corrected chi connectivity index (χ2v) is 7.15. The summed E-state index contributed by atoms with van der Waals surface area (Å²) in [4.78, 5) is 17.2. The van der Waals surface area contributed by atoms with E-state index in [0.29, 0.717) is 11.8 Å². The molecule has 106 valence electrons. The fourth-order valence-electron chi connectivity index (χ4n) is 2.38. The van der Waals surface area contributed by atoms with Gasteiger partial charge >= 0.3 is 0 Å². The van der Waals surface area contributed by atoms with Crippen molar-refractivity contribution in [2.75, 3.05) is 13.1 Å². The molecule has 0 radical (unpaired) electrons. The summed E-state index contributed by atoms with van der Waals surface area (Å²) >= 11 is 1.78. The maximum absolute atomic E-state index is 12.6. The summed E-state index contributed by atoms with van der Waals surface area (Å²) in [5.41, 5.74) is 0.